The Balaban J connectivity index is 0.000000550. The summed E-state index contributed by atoms with van der Waals surface area (Å²) in [5, 5.41) is 9.80. The predicted octanol–water partition coefficient (Wildman–Crippen LogP) is 7.95. The molecule has 0 unspecified atom stereocenters. The summed E-state index contributed by atoms with van der Waals surface area (Å²) in [7, 11) is 0. The van der Waals surface area contributed by atoms with Crippen molar-refractivity contribution in [3.63, 3.8) is 0 Å². The molecule has 0 saturated heterocycles. The zero-order chi connectivity index (χ0) is 33.8. The highest BCUT2D eigenvalue weighted by atomic mass is 19.1. The molecule has 3 aromatic rings. The first kappa shape index (κ1) is 38.7. The second-order valence-corrected chi connectivity index (χ2v) is 10.8. The first-order chi connectivity index (χ1) is 21.0. The van der Waals surface area contributed by atoms with Crippen LogP contribution in [-0.4, -0.2) is 40.6 Å². The van der Waals surface area contributed by atoms with Gasteiger partial charge in [-0.25, -0.2) is 14.2 Å². The maximum Gasteiger partial charge on any atom is 0.506 e. The number of fused-ring (bicyclic) bond motifs is 4. The Morgan fingerprint density at radius 2 is 1.68 bits per heavy atom. The monoisotopic (exact) mass is 615 g/mol. The van der Waals surface area contributed by atoms with E-state index >= 15 is 0 Å². The van der Waals surface area contributed by atoms with Crippen molar-refractivity contribution in [3.05, 3.63) is 61.7 Å². The van der Waals surface area contributed by atoms with E-state index in [2.05, 4.69) is 18.6 Å². The maximum absolute atomic E-state index is 14.5. The molecule has 5 rings (SSSR count). The van der Waals surface area contributed by atoms with Crippen LogP contribution >= 0.6 is 0 Å². The standard InChI is InChI=1S/C22H19FN2O4.C7H17NO.3C2H6/c1-10-6-18-20-14(8-25(18)21(26)15(10)9-29-22(27)28)13-5-3-4-12-11(2)16(23)7-17(24-20)19(12)13;1-4-9-6-7(2,3)5-8;3*1-2/h6-7H,3-5,8-9H2,1-2H3,(H,27,28);4-6,8H2,1-3H3;3*1-2H3. The van der Waals surface area contributed by atoms with Crippen molar-refractivity contribution < 1.29 is 23.8 Å². The average molecular weight is 616 g/mol. The van der Waals surface area contributed by atoms with Gasteiger partial charge in [0.25, 0.3) is 5.56 Å². The van der Waals surface area contributed by atoms with E-state index in [0.717, 1.165) is 60.2 Å². The SMILES string of the molecule is CC.CC.CC.CCOCC(C)(C)CN.Cc1cc2n(c(=O)c1COC(=O)O)Cc1c-2nc2cc(F)c(C)c3c2c1CCC3. The number of aromatic nitrogens is 2. The zero-order valence-electron chi connectivity index (χ0n) is 28.7. The van der Waals surface area contributed by atoms with Crippen LogP contribution in [0.15, 0.2) is 16.9 Å². The molecule has 2 aromatic heterocycles. The van der Waals surface area contributed by atoms with Crippen molar-refractivity contribution in [3.8, 4) is 11.4 Å². The van der Waals surface area contributed by atoms with Gasteiger partial charge in [-0.2, -0.15) is 0 Å². The summed E-state index contributed by atoms with van der Waals surface area (Å²) < 4.78 is 25.9. The zero-order valence-corrected chi connectivity index (χ0v) is 28.7. The van der Waals surface area contributed by atoms with E-state index < -0.39 is 6.16 Å². The summed E-state index contributed by atoms with van der Waals surface area (Å²) >= 11 is 0. The lowest BCUT2D eigenvalue weighted by Crippen LogP contribution is -2.28. The molecule has 246 valence electrons. The smallest absolute Gasteiger partial charge is 0.450 e. The van der Waals surface area contributed by atoms with Gasteiger partial charge in [-0.05, 0) is 74.9 Å². The molecule has 0 bridgehead atoms. The summed E-state index contributed by atoms with van der Waals surface area (Å²) in [4.78, 5) is 28.6. The van der Waals surface area contributed by atoms with E-state index in [9.17, 15) is 14.0 Å². The maximum atomic E-state index is 14.5. The van der Waals surface area contributed by atoms with Crippen LogP contribution in [0.2, 0.25) is 0 Å². The van der Waals surface area contributed by atoms with Crippen molar-refractivity contribution in [2.75, 3.05) is 19.8 Å². The fraction of sp³-hybridized carbons (Fsp3) is 0.571. The number of aryl methyl sites for hydroxylation is 3. The van der Waals surface area contributed by atoms with Crippen LogP contribution in [0.3, 0.4) is 0 Å². The fourth-order valence-corrected chi connectivity index (χ4v) is 5.17. The third-order valence-corrected chi connectivity index (χ3v) is 7.44. The third-order valence-electron chi connectivity index (χ3n) is 7.44. The molecule has 0 amide bonds. The van der Waals surface area contributed by atoms with Gasteiger partial charge in [0.15, 0.2) is 0 Å². The van der Waals surface area contributed by atoms with E-state index in [4.69, 9.17) is 20.6 Å². The Bertz CT molecular complexity index is 1460. The Kier molecular flexibility index (Phi) is 15.7. The molecule has 0 saturated carbocycles. The van der Waals surface area contributed by atoms with E-state index in [1.807, 2.05) is 61.5 Å². The van der Waals surface area contributed by atoms with Gasteiger partial charge in [0, 0.05) is 29.0 Å². The molecule has 3 heterocycles. The minimum Gasteiger partial charge on any atom is -0.450 e. The van der Waals surface area contributed by atoms with Crippen LogP contribution < -0.4 is 11.3 Å². The topological polar surface area (TPSA) is 117 Å². The molecule has 9 heteroatoms. The summed E-state index contributed by atoms with van der Waals surface area (Å²) in [6.45, 7) is 24.1. The van der Waals surface area contributed by atoms with Crippen LogP contribution in [0.25, 0.3) is 22.3 Å². The highest BCUT2D eigenvalue weighted by molar-refractivity contribution is 5.92. The van der Waals surface area contributed by atoms with Gasteiger partial charge in [0.1, 0.15) is 12.4 Å². The molecule has 2 aliphatic rings. The number of nitrogens with zero attached hydrogens (tertiary/aromatic N) is 2. The van der Waals surface area contributed by atoms with Crippen LogP contribution in [0.1, 0.15) is 102 Å². The third kappa shape index (κ3) is 8.66. The molecule has 1 aliphatic carbocycles. The number of pyridine rings is 2. The van der Waals surface area contributed by atoms with Crippen molar-refractivity contribution >= 4 is 17.1 Å². The number of hydrogen-bond acceptors (Lipinski definition) is 6. The molecular formula is C35H54FN3O5. The van der Waals surface area contributed by atoms with Crippen LogP contribution in [0, 0.1) is 25.1 Å². The lowest BCUT2D eigenvalue weighted by atomic mass is 9.85. The molecule has 0 spiro atoms. The van der Waals surface area contributed by atoms with E-state index in [1.165, 1.54) is 6.07 Å². The van der Waals surface area contributed by atoms with Gasteiger partial charge in [-0.15, -0.1) is 0 Å². The van der Waals surface area contributed by atoms with Gasteiger partial charge in [-0.1, -0.05) is 55.4 Å². The number of hydrogen-bond donors (Lipinski definition) is 2. The molecule has 0 fully saturated rings. The Morgan fingerprint density at radius 1 is 1.07 bits per heavy atom. The van der Waals surface area contributed by atoms with Gasteiger partial charge >= 0.3 is 6.16 Å². The molecule has 1 aromatic carbocycles. The van der Waals surface area contributed by atoms with E-state index in [-0.39, 0.29) is 23.4 Å². The predicted molar refractivity (Wildman–Crippen MR) is 178 cm³/mol. The second kappa shape index (κ2) is 17.9. The van der Waals surface area contributed by atoms with Crippen molar-refractivity contribution in [1.82, 2.24) is 9.55 Å². The average Bonchev–Trinajstić information content (AvgIpc) is 3.40. The Morgan fingerprint density at radius 3 is 2.25 bits per heavy atom. The lowest BCUT2D eigenvalue weighted by molar-refractivity contribution is 0.0753. The van der Waals surface area contributed by atoms with E-state index in [1.54, 1.807) is 11.5 Å². The lowest BCUT2D eigenvalue weighted by Gasteiger charge is -2.21. The highest BCUT2D eigenvalue weighted by Gasteiger charge is 2.30. The Labute approximate surface area is 262 Å². The van der Waals surface area contributed by atoms with Crippen LogP contribution in [-0.2, 0) is 35.5 Å². The summed E-state index contributed by atoms with van der Waals surface area (Å²) in [6, 6.07) is 3.33. The summed E-state index contributed by atoms with van der Waals surface area (Å²) in [5.41, 5.74) is 12.2. The van der Waals surface area contributed by atoms with Crippen LogP contribution in [0.5, 0.6) is 0 Å². The quantitative estimate of drug-likeness (QED) is 0.211. The number of carboxylic acid groups (broad SMARTS) is 1. The number of carbonyl (C=O) groups is 1. The number of rotatable bonds is 6. The molecule has 3 N–H and O–H groups in total. The number of halogens is 1. The van der Waals surface area contributed by atoms with Gasteiger partial charge < -0.3 is 24.9 Å². The number of benzene rings is 1. The minimum atomic E-state index is -1.42. The van der Waals surface area contributed by atoms with Crippen molar-refractivity contribution in [2.45, 2.75) is 109 Å². The fourth-order valence-electron chi connectivity index (χ4n) is 5.17. The summed E-state index contributed by atoms with van der Waals surface area (Å²) in [5.74, 6) is -0.250. The summed E-state index contributed by atoms with van der Waals surface area (Å²) in [6.07, 6.45) is 1.22. The van der Waals surface area contributed by atoms with Gasteiger partial charge in [0.2, 0.25) is 0 Å². The molecule has 44 heavy (non-hydrogen) atoms. The van der Waals surface area contributed by atoms with E-state index in [0.29, 0.717) is 41.0 Å². The molecule has 1 aliphatic heterocycles. The van der Waals surface area contributed by atoms with Crippen molar-refractivity contribution in [2.24, 2.45) is 11.1 Å². The highest BCUT2D eigenvalue weighted by Crippen LogP contribution is 2.41. The second-order valence-electron chi connectivity index (χ2n) is 10.8. The number of ether oxygens (including phenoxy) is 2. The first-order valence-electron chi connectivity index (χ1n) is 16.0. The van der Waals surface area contributed by atoms with Gasteiger partial charge in [0.05, 0.1) is 35.6 Å². The first-order valence-corrected chi connectivity index (χ1v) is 16.0. The Hall–Kier alpha value is -3.30. The van der Waals surface area contributed by atoms with Crippen LogP contribution in [0.4, 0.5) is 9.18 Å². The van der Waals surface area contributed by atoms with Gasteiger partial charge in [-0.3, -0.25) is 4.79 Å². The normalized spacial score (nSPS) is 12.1. The van der Waals surface area contributed by atoms with Crippen molar-refractivity contribution in [1.29, 1.82) is 0 Å². The molecule has 0 atom stereocenters. The largest absolute Gasteiger partial charge is 0.506 e. The molecule has 8 nitrogen and oxygen atoms in total. The molecule has 0 radical (unpaired) electrons. The minimum absolute atomic E-state index is 0.149. The number of nitrogens with two attached hydrogens (primary N) is 1. The molecular weight excluding hydrogens is 561 g/mol.